The Morgan fingerprint density at radius 2 is 1.95 bits per heavy atom. The highest BCUT2D eigenvalue weighted by Gasteiger charge is 2.27. The summed E-state index contributed by atoms with van der Waals surface area (Å²) in [5, 5.41) is 9.19. The molecule has 0 fully saturated rings. The van der Waals surface area contributed by atoms with Crippen LogP contribution in [0.4, 0.5) is 0 Å². The Kier molecular flexibility index (Phi) is 5.17. The molecule has 1 rings (SSSR count). The number of hydrogen-bond acceptors (Lipinski definition) is 3. The van der Waals surface area contributed by atoms with Gasteiger partial charge in [0.05, 0.1) is 11.5 Å². The zero-order chi connectivity index (χ0) is 14.8. The van der Waals surface area contributed by atoms with E-state index in [4.69, 9.17) is 0 Å². The summed E-state index contributed by atoms with van der Waals surface area (Å²) < 4.78 is 28.1. The van der Waals surface area contributed by atoms with Crippen molar-refractivity contribution in [3.8, 4) is 0 Å². The van der Waals surface area contributed by atoms with Crippen molar-refractivity contribution < 1.29 is 13.5 Å². The predicted molar refractivity (Wildman–Crippen MR) is 79.5 cm³/mol. The standard InChI is InChI=1S/C13H20BrNO3S/c1-5-13(3,4)15-19(17,18)11-7-10(8-16)6-9(2)12(11)14/h6-7,15-16H,5,8H2,1-4H3. The number of aryl methyl sites for hydroxylation is 1. The molecule has 108 valence electrons. The molecule has 0 heterocycles. The highest BCUT2D eigenvalue weighted by atomic mass is 79.9. The Bertz CT molecular complexity index is 567. The lowest BCUT2D eigenvalue weighted by Gasteiger charge is -2.25. The molecule has 0 amide bonds. The molecule has 0 spiro atoms. The Balaban J connectivity index is 3.33. The minimum absolute atomic E-state index is 0.165. The summed E-state index contributed by atoms with van der Waals surface area (Å²) in [7, 11) is -3.62. The van der Waals surface area contributed by atoms with Gasteiger partial charge in [0.2, 0.25) is 10.0 Å². The van der Waals surface area contributed by atoms with Crippen LogP contribution in [-0.2, 0) is 16.6 Å². The third-order valence-corrected chi connectivity index (χ3v) is 6.08. The van der Waals surface area contributed by atoms with E-state index in [9.17, 15) is 13.5 Å². The maximum absolute atomic E-state index is 12.4. The number of aliphatic hydroxyl groups is 1. The summed E-state index contributed by atoms with van der Waals surface area (Å²) in [5.41, 5.74) is 0.845. The summed E-state index contributed by atoms with van der Waals surface area (Å²) in [4.78, 5) is 0.165. The van der Waals surface area contributed by atoms with E-state index in [0.717, 1.165) is 5.56 Å². The summed E-state index contributed by atoms with van der Waals surface area (Å²) in [5.74, 6) is 0. The van der Waals surface area contributed by atoms with Crippen molar-refractivity contribution in [2.24, 2.45) is 0 Å². The zero-order valence-electron chi connectivity index (χ0n) is 11.6. The number of rotatable bonds is 5. The van der Waals surface area contributed by atoms with Gasteiger partial charge in [-0.3, -0.25) is 0 Å². The van der Waals surface area contributed by atoms with E-state index in [1.54, 1.807) is 13.0 Å². The van der Waals surface area contributed by atoms with Crippen molar-refractivity contribution >= 4 is 26.0 Å². The summed E-state index contributed by atoms with van der Waals surface area (Å²) in [6, 6.07) is 3.25. The molecule has 2 N–H and O–H groups in total. The Hall–Kier alpha value is -0.430. The Morgan fingerprint density at radius 3 is 2.42 bits per heavy atom. The second kappa shape index (κ2) is 5.91. The number of sulfonamides is 1. The van der Waals surface area contributed by atoms with E-state index in [2.05, 4.69) is 20.7 Å². The molecule has 4 nitrogen and oxygen atoms in total. The highest BCUT2D eigenvalue weighted by Crippen LogP contribution is 2.28. The van der Waals surface area contributed by atoms with Gasteiger partial charge in [-0.2, -0.15) is 0 Å². The SMILES string of the molecule is CCC(C)(C)NS(=O)(=O)c1cc(CO)cc(C)c1Br. The number of aliphatic hydroxyl groups excluding tert-OH is 1. The fourth-order valence-corrected chi connectivity index (χ4v) is 4.14. The average molecular weight is 350 g/mol. The molecule has 0 aliphatic rings. The molecule has 1 aromatic carbocycles. The van der Waals surface area contributed by atoms with Crippen molar-refractivity contribution in [2.75, 3.05) is 0 Å². The van der Waals surface area contributed by atoms with Crippen LogP contribution in [0.2, 0.25) is 0 Å². The first-order valence-corrected chi connectivity index (χ1v) is 8.34. The van der Waals surface area contributed by atoms with Gasteiger partial charge in [-0.05, 0) is 60.3 Å². The molecule has 0 aromatic heterocycles. The lowest BCUT2D eigenvalue weighted by molar-refractivity contribution is 0.281. The molecule has 1 aromatic rings. The third-order valence-electron chi connectivity index (χ3n) is 3.05. The summed E-state index contributed by atoms with van der Waals surface area (Å²) in [6.45, 7) is 7.20. The van der Waals surface area contributed by atoms with Crippen LogP contribution in [0.5, 0.6) is 0 Å². The highest BCUT2D eigenvalue weighted by molar-refractivity contribution is 9.10. The van der Waals surface area contributed by atoms with Crippen molar-refractivity contribution in [3.63, 3.8) is 0 Å². The minimum Gasteiger partial charge on any atom is -0.392 e. The van der Waals surface area contributed by atoms with E-state index < -0.39 is 15.6 Å². The first kappa shape index (κ1) is 16.6. The average Bonchev–Trinajstić information content (AvgIpc) is 2.31. The maximum atomic E-state index is 12.4. The zero-order valence-corrected chi connectivity index (χ0v) is 14.0. The topological polar surface area (TPSA) is 66.4 Å². The molecular weight excluding hydrogens is 330 g/mol. The van der Waals surface area contributed by atoms with Crippen molar-refractivity contribution in [1.82, 2.24) is 4.72 Å². The molecule has 0 radical (unpaired) electrons. The largest absolute Gasteiger partial charge is 0.392 e. The number of hydrogen-bond donors (Lipinski definition) is 2. The van der Waals surface area contributed by atoms with Gasteiger partial charge in [0.1, 0.15) is 0 Å². The minimum atomic E-state index is -3.62. The first-order chi connectivity index (χ1) is 8.63. The fraction of sp³-hybridized carbons (Fsp3) is 0.538. The van der Waals surface area contributed by atoms with Gasteiger partial charge in [0.15, 0.2) is 0 Å². The first-order valence-electron chi connectivity index (χ1n) is 6.07. The third kappa shape index (κ3) is 4.02. The second-order valence-electron chi connectivity index (χ2n) is 5.23. The Morgan fingerprint density at radius 1 is 1.37 bits per heavy atom. The van der Waals surface area contributed by atoms with E-state index in [0.29, 0.717) is 16.5 Å². The van der Waals surface area contributed by atoms with E-state index in [-0.39, 0.29) is 11.5 Å². The summed E-state index contributed by atoms with van der Waals surface area (Å²) in [6.07, 6.45) is 0.683. The molecule has 6 heteroatoms. The van der Waals surface area contributed by atoms with Gasteiger partial charge in [0, 0.05) is 10.0 Å². The smallest absolute Gasteiger partial charge is 0.242 e. The van der Waals surface area contributed by atoms with Crippen molar-refractivity contribution in [1.29, 1.82) is 0 Å². The Labute approximate surface area is 123 Å². The number of benzene rings is 1. The molecule has 0 unspecified atom stereocenters. The van der Waals surface area contributed by atoms with Gasteiger partial charge in [0.25, 0.3) is 0 Å². The van der Waals surface area contributed by atoms with E-state index in [1.165, 1.54) is 6.07 Å². The number of halogens is 1. The van der Waals surface area contributed by atoms with E-state index >= 15 is 0 Å². The molecule has 0 aliphatic heterocycles. The van der Waals surface area contributed by atoms with Crippen LogP contribution in [0.15, 0.2) is 21.5 Å². The maximum Gasteiger partial charge on any atom is 0.242 e. The lowest BCUT2D eigenvalue weighted by atomic mass is 10.0. The fourth-order valence-electron chi connectivity index (χ4n) is 1.59. The predicted octanol–water partition coefficient (Wildman–Crippen LogP) is 2.72. The molecule has 19 heavy (non-hydrogen) atoms. The normalized spacial score (nSPS) is 12.7. The summed E-state index contributed by atoms with van der Waals surface area (Å²) >= 11 is 3.31. The quantitative estimate of drug-likeness (QED) is 0.858. The van der Waals surface area contributed by atoms with Crippen molar-refractivity contribution in [2.45, 2.75) is 51.2 Å². The molecule has 0 saturated carbocycles. The van der Waals surface area contributed by atoms with Crippen LogP contribution >= 0.6 is 15.9 Å². The van der Waals surface area contributed by atoms with Gasteiger partial charge in [-0.15, -0.1) is 0 Å². The van der Waals surface area contributed by atoms with Crippen LogP contribution in [0.3, 0.4) is 0 Å². The van der Waals surface area contributed by atoms with Gasteiger partial charge in [-0.25, -0.2) is 13.1 Å². The van der Waals surface area contributed by atoms with Crippen LogP contribution in [0.25, 0.3) is 0 Å². The lowest BCUT2D eigenvalue weighted by Crippen LogP contribution is -2.42. The van der Waals surface area contributed by atoms with Gasteiger partial charge in [-0.1, -0.05) is 13.0 Å². The van der Waals surface area contributed by atoms with Crippen LogP contribution in [0.1, 0.15) is 38.3 Å². The molecular formula is C13H20BrNO3S. The van der Waals surface area contributed by atoms with Gasteiger partial charge >= 0.3 is 0 Å². The molecule has 0 saturated heterocycles. The van der Waals surface area contributed by atoms with Crippen molar-refractivity contribution in [3.05, 3.63) is 27.7 Å². The van der Waals surface area contributed by atoms with E-state index in [1.807, 2.05) is 20.8 Å². The molecule has 0 aliphatic carbocycles. The second-order valence-corrected chi connectivity index (χ2v) is 7.67. The number of nitrogens with one attached hydrogen (secondary N) is 1. The van der Waals surface area contributed by atoms with Crippen LogP contribution in [0, 0.1) is 6.92 Å². The van der Waals surface area contributed by atoms with Crippen LogP contribution < -0.4 is 4.72 Å². The molecule has 0 atom stereocenters. The van der Waals surface area contributed by atoms with Crippen LogP contribution in [-0.4, -0.2) is 19.1 Å². The van der Waals surface area contributed by atoms with Gasteiger partial charge < -0.3 is 5.11 Å². The monoisotopic (exact) mass is 349 g/mol. The molecule has 0 bridgehead atoms.